The maximum absolute atomic E-state index is 12.1. The molecule has 0 bridgehead atoms. The Hall–Kier alpha value is -0.670. The Morgan fingerprint density at radius 2 is 1.61 bits per heavy atom. The van der Waals surface area contributed by atoms with Crippen LogP contribution in [0.2, 0.25) is 0 Å². The van der Waals surface area contributed by atoms with Gasteiger partial charge in [-0.15, -0.1) is 0 Å². The van der Waals surface area contributed by atoms with E-state index in [2.05, 4.69) is 41.5 Å². The standard InChI is InChI=1S/C28H46O3/c1-16(2)17(3)25(30)26(31)18(4)22-9-10-23-21-8-7-19-15-20(29)11-13-27(19,5)24(21)12-14-28(22,23)6/h16-19,22,24-26,30-31H,7-15H2,1-6H3/t17-,18+,19?,22-,24+,25-,26-,27+,28-/m1/s1. The number of aliphatic hydroxyl groups is 2. The van der Waals surface area contributed by atoms with Crippen LogP contribution < -0.4 is 0 Å². The minimum absolute atomic E-state index is 0.101. The van der Waals surface area contributed by atoms with Crippen LogP contribution in [0.5, 0.6) is 0 Å². The van der Waals surface area contributed by atoms with E-state index in [0.717, 1.165) is 25.7 Å². The predicted octanol–water partition coefficient (Wildman–Crippen LogP) is 5.93. The fraction of sp³-hybridized carbons (Fsp3) is 0.893. The molecule has 0 heterocycles. The summed E-state index contributed by atoms with van der Waals surface area (Å²) in [6, 6.07) is 0. The molecule has 0 radical (unpaired) electrons. The van der Waals surface area contributed by atoms with E-state index < -0.39 is 12.2 Å². The second kappa shape index (κ2) is 8.28. The number of hydrogen-bond donors (Lipinski definition) is 2. The van der Waals surface area contributed by atoms with Crippen molar-refractivity contribution < 1.29 is 15.0 Å². The number of Topliss-reactive ketones (excluding diaryl/α,β-unsaturated/α-hetero) is 1. The fourth-order valence-corrected chi connectivity index (χ4v) is 8.41. The Kier molecular flexibility index (Phi) is 6.27. The number of carbonyl (C=O) groups is 1. The molecular formula is C28H46O3. The topological polar surface area (TPSA) is 57.5 Å². The summed E-state index contributed by atoms with van der Waals surface area (Å²) in [5.41, 5.74) is 3.92. The summed E-state index contributed by atoms with van der Waals surface area (Å²) in [5, 5.41) is 22.0. The minimum Gasteiger partial charge on any atom is -0.390 e. The van der Waals surface area contributed by atoms with Crippen LogP contribution in [-0.2, 0) is 4.79 Å². The van der Waals surface area contributed by atoms with Gasteiger partial charge in [0.25, 0.3) is 0 Å². The second-order valence-corrected chi connectivity index (χ2v) is 12.6. The smallest absolute Gasteiger partial charge is 0.133 e. The molecule has 0 aliphatic heterocycles. The molecule has 2 N–H and O–H groups in total. The summed E-state index contributed by atoms with van der Waals surface area (Å²) in [6.45, 7) is 13.4. The zero-order valence-electron chi connectivity index (χ0n) is 20.8. The molecule has 176 valence electrons. The van der Waals surface area contributed by atoms with Crippen molar-refractivity contribution in [2.75, 3.05) is 0 Å². The van der Waals surface area contributed by atoms with E-state index >= 15 is 0 Å². The van der Waals surface area contributed by atoms with E-state index in [-0.39, 0.29) is 17.3 Å². The van der Waals surface area contributed by atoms with E-state index in [9.17, 15) is 15.0 Å². The van der Waals surface area contributed by atoms with Gasteiger partial charge in [-0.25, -0.2) is 0 Å². The van der Waals surface area contributed by atoms with Crippen LogP contribution in [0.4, 0.5) is 0 Å². The van der Waals surface area contributed by atoms with Crippen molar-refractivity contribution in [2.24, 2.45) is 46.3 Å². The molecule has 4 rings (SSSR count). The molecule has 3 nitrogen and oxygen atoms in total. The Morgan fingerprint density at radius 1 is 0.903 bits per heavy atom. The van der Waals surface area contributed by atoms with Gasteiger partial charge in [0.1, 0.15) is 5.78 Å². The highest BCUT2D eigenvalue weighted by Gasteiger charge is 2.56. The van der Waals surface area contributed by atoms with Crippen LogP contribution in [0.15, 0.2) is 11.1 Å². The normalized spacial score (nSPS) is 42.0. The van der Waals surface area contributed by atoms with Crippen molar-refractivity contribution in [1.29, 1.82) is 0 Å². The van der Waals surface area contributed by atoms with E-state index in [4.69, 9.17) is 0 Å². The van der Waals surface area contributed by atoms with Crippen LogP contribution in [0.3, 0.4) is 0 Å². The number of ketones is 1. The first-order valence-corrected chi connectivity index (χ1v) is 13.1. The van der Waals surface area contributed by atoms with E-state index in [0.29, 0.717) is 34.9 Å². The quantitative estimate of drug-likeness (QED) is 0.532. The predicted molar refractivity (Wildman–Crippen MR) is 125 cm³/mol. The monoisotopic (exact) mass is 430 g/mol. The van der Waals surface area contributed by atoms with Crippen LogP contribution in [0.25, 0.3) is 0 Å². The van der Waals surface area contributed by atoms with E-state index in [1.54, 1.807) is 11.1 Å². The molecule has 0 amide bonds. The molecule has 0 spiro atoms. The van der Waals surface area contributed by atoms with Crippen molar-refractivity contribution in [3.8, 4) is 0 Å². The van der Waals surface area contributed by atoms with E-state index in [1.807, 2.05) is 0 Å². The van der Waals surface area contributed by atoms with Gasteiger partial charge in [-0.1, -0.05) is 52.7 Å². The summed E-state index contributed by atoms with van der Waals surface area (Å²) in [4.78, 5) is 12.1. The average Bonchev–Trinajstić information content (AvgIpc) is 3.09. The highest BCUT2D eigenvalue weighted by molar-refractivity contribution is 5.79. The number of fused-ring (bicyclic) bond motifs is 4. The Balaban J connectivity index is 1.58. The number of aliphatic hydroxyl groups excluding tert-OH is 2. The van der Waals surface area contributed by atoms with Gasteiger partial charge < -0.3 is 10.2 Å². The first kappa shape index (κ1) is 23.5. The van der Waals surface area contributed by atoms with Gasteiger partial charge in [-0.3, -0.25) is 4.79 Å². The number of hydrogen-bond acceptors (Lipinski definition) is 3. The summed E-state index contributed by atoms with van der Waals surface area (Å²) in [6.07, 6.45) is 8.46. The van der Waals surface area contributed by atoms with E-state index in [1.165, 1.54) is 32.1 Å². The number of rotatable bonds is 5. The van der Waals surface area contributed by atoms with Gasteiger partial charge in [-0.2, -0.15) is 0 Å². The third-order valence-corrected chi connectivity index (χ3v) is 11.0. The lowest BCUT2D eigenvalue weighted by molar-refractivity contribution is -0.127. The molecule has 0 saturated heterocycles. The summed E-state index contributed by atoms with van der Waals surface area (Å²) < 4.78 is 0. The maximum atomic E-state index is 12.1. The lowest BCUT2D eigenvalue weighted by Gasteiger charge is -2.56. The molecule has 0 aromatic rings. The molecule has 31 heavy (non-hydrogen) atoms. The third-order valence-electron chi connectivity index (χ3n) is 11.0. The lowest BCUT2D eigenvalue weighted by atomic mass is 9.49. The summed E-state index contributed by atoms with van der Waals surface area (Å²) in [5.74, 6) is 2.74. The number of carbonyl (C=O) groups excluding carboxylic acids is 1. The zero-order chi connectivity index (χ0) is 22.7. The molecule has 4 aliphatic rings. The minimum atomic E-state index is -0.654. The SMILES string of the molecule is CC(C)[C@@H](C)[C@@H](O)[C@H](O)[C@@H](C)[C@H]1CCC2=C3CCC4CC(=O)CC[C@]4(C)[C@H]3CC[C@@]21C. The van der Waals surface area contributed by atoms with Gasteiger partial charge in [0, 0.05) is 12.8 Å². The number of allylic oxidation sites excluding steroid dienone is 2. The highest BCUT2D eigenvalue weighted by atomic mass is 16.3. The Bertz CT molecular complexity index is 739. The second-order valence-electron chi connectivity index (χ2n) is 12.6. The summed E-state index contributed by atoms with van der Waals surface area (Å²) >= 11 is 0. The molecule has 4 aliphatic carbocycles. The zero-order valence-corrected chi connectivity index (χ0v) is 20.8. The first-order valence-electron chi connectivity index (χ1n) is 13.1. The van der Waals surface area contributed by atoms with Gasteiger partial charge in [0.2, 0.25) is 0 Å². The first-order chi connectivity index (χ1) is 14.5. The van der Waals surface area contributed by atoms with Crippen LogP contribution in [0, 0.1) is 46.3 Å². The van der Waals surface area contributed by atoms with Crippen molar-refractivity contribution in [3.63, 3.8) is 0 Å². The average molecular weight is 431 g/mol. The molecule has 0 aromatic carbocycles. The molecule has 0 aromatic heterocycles. The van der Waals surface area contributed by atoms with Crippen LogP contribution in [0.1, 0.15) is 99.3 Å². The Labute approximate surface area is 190 Å². The van der Waals surface area contributed by atoms with Crippen LogP contribution in [-0.4, -0.2) is 28.2 Å². The van der Waals surface area contributed by atoms with Gasteiger partial charge in [0.15, 0.2) is 0 Å². The van der Waals surface area contributed by atoms with Gasteiger partial charge in [-0.05, 0) is 91.3 Å². The molecule has 3 fully saturated rings. The third kappa shape index (κ3) is 3.66. The van der Waals surface area contributed by atoms with Crippen molar-refractivity contribution in [2.45, 2.75) is 112 Å². The molecule has 3 saturated carbocycles. The van der Waals surface area contributed by atoms with Crippen molar-refractivity contribution in [3.05, 3.63) is 11.1 Å². The van der Waals surface area contributed by atoms with Crippen LogP contribution >= 0.6 is 0 Å². The van der Waals surface area contributed by atoms with Gasteiger partial charge in [0.05, 0.1) is 12.2 Å². The van der Waals surface area contributed by atoms with Crippen molar-refractivity contribution in [1.82, 2.24) is 0 Å². The van der Waals surface area contributed by atoms with Gasteiger partial charge >= 0.3 is 0 Å². The molecule has 1 unspecified atom stereocenters. The fourth-order valence-electron chi connectivity index (χ4n) is 8.41. The molecular weight excluding hydrogens is 384 g/mol. The molecule has 3 heteroatoms. The Morgan fingerprint density at radius 3 is 2.29 bits per heavy atom. The maximum Gasteiger partial charge on any atom is 0.133 e. The largest absolute Gasteiger partial charge is 0.390 e. The highest BCUT2D eigenvalue weighted by Crippen LogP contribution is 2.65. The molecule has 9 atom stereocenters. The van der Waals surface area contributed by atoms with Crippen molar-refractivity contribution >= 4 is 5.78 Å². The lowest BCUT2D eigenvalue weighted by Crippen LogP contribution is -2.48. The summed E-state index contributed by atoms with van der Waals surface area (Å²) in [7, 11) is 0.